The Balaban J connectivity index is 1.75. The van der Waals surface area contributed by atoms with E-state index in [4.69, 9.17) is 5.73 Å². The molecule has 0 fully saturated rings. The van der Waals surface area contributed by atoms with Crippen molar-refractivity contribution in [3.8, 4) is 0 Å². The fourth-order valence-electron chi connectivity index (χ4n) is 1.96. The third-order valence-corrected chi connectivity index (χ3v) is 3.87. The molecule has 0 aliphatic rings. The minimum Gasteiger partial charge on any atom is -0.381 e. The second-order valence-corrected chi connectivity index (χ2v) is 5.64. The third-order valence-electron chi connectivity index (χ3n) is 3.02. The Morgan fingerprint density at radius 2 is 1.95 bits per heavy atom. The van der Waals surface area contributed by atoms with Crippen LogP contribution in [-0.2, 0) is 6.54 Å². The average Bonchev–Trinajstić information content (AvgIpc) is 2.77. The van der Waals surface area contributed by atoms with E-state index < -0.39 is 0 Å². The van der Waals surface area contributed by atoms with E-state index in [0.29, 0.717) is 5.13 Å². The molecule has 1 aromatic heterocycles. The van der Waals surface area contributed by atoms with E-state index in [9.17, 15) is 0 Å². The molecule has 0 aliphatic carbocycles. The highest BCUT2D eigenvalue weighted by Crippen LogP contribution is 2.26. The molecule has 1 heterocycles. The molecule has 0 atom stereocenters. The number of thiazole rings is 1. The SMILES string of the molecule is Cc1ccc(CNc2ccc3nc(N)sc3c2)cc1. The van der Waals surface area contributed by atoms with Crippen LogP contribution in [0.5, 0.6) is 0 Å². The summed E-state index contributed by atoms with van der Waals surface area (Å²) in [4.78, 5) is 4.25. The van der Waals surface area contributed by atoms with Crippen molar-refractivity contribution < 1.29 is 0 Å². The van der Waals surface area contributed by atoms with Crippen molar-refractivity contribution in [2.45, 2.75) is 13.5 Å². The molecule has 0 spiro atoms. The fraction of sp³-hybridized carbons (Fsp3) is 0.133. The van der Waals surface area contributed by atoms with Gasteiger partial charge in [-0.15, -0.1) is 0 Å². The van der Waals surface area contributed by atoms with Crippen LogP contribution >= 0.6 is 11.3 Å². The summed E-state index contributed by atoms with van der Waals surface area (Å²) < 4.78 is 1.12. The Hall–Kier alpha value is -2.07. The molecule has 19 heavy (non-hydrogen) atoms. The molecule has 0 bridgehead atoms. The van der Waals surface area contributed by atoms with Crippen molar-refractivity contribution in [2.75, 3.05) is 11.1 Å². The van der Waals surface area contributed by atoms with Crippen molar-refractivity contribution in [3.05, 3.63) is 53.6 Å². The van der Waals surface area contributed by atoms with Crippen molar-refractivity contribution >= 4 is 32.4 Å². The minimum absolute atomic E-state index is 0.616. The average molecular weight is 269 g/mol. The summed E-state index contributed by atoms with van der Waals surface area (Å²) in [5.41, 5.74) is 10.3. The highest BCUT2D eigenvalue weighted by Gasteiger charge is 2.02. The quantitative estimate of drug-likeness (QED) is 0.760. The summed E-state index contributed by atoms with van der Waals surface area (Å²) in [5.74, 6) is 0. The molecule has 0 radical (unpaired) electrons. The van der Waals surface area contributed by atoms with E-state index in [2.05, 4.69) is 47.6 Å². The number of nitrogen functional groups attached to an aromatic ring is 1. The van der Waals surface area contributed by atoms with E-state index >= 15 is 0 Å². The summed E-state index contributed by atoms with van der Waals surface area (Å²) in [5, 5.41) is 4.04. The first-order chi connectivity index (χ1) is 9.20. The van der Waals surface area contributed by atoms with Crippen molar-refractivity contribution in [2.24, 2.45) is 0 Å². The largest absolute Gasteiger partial charge is 0.381 e. The molecule has 0 saturated heterocycles. The number of nitrogens with two attached hydrogens (primary N) is 1. The lowest BCUT2D eigenvalue weighted by atomic mass is 10.1. The number of fused-ring (bicyclic) bond motifs is 1. The molecule has 2 aromatic carbocycles. The van der Waals surface area contributed by atoms with Gasteiger partial charge in [-0.05, 0) is 30.7 Å². The van der Waals surface area contributed by atoms with Gasteiger partial charge in [0.05, 0.1) is 10.2 Å². The number of aryl methyl sites for hydroxylation is 1. The van der Waals surface area contributed by atoms with Crippen molar-refractivity contribution in [1.29, 1.82) is 0 Å². The number of benzene rings is 2. The lowest BCUT2D eigenvalue weighted by molar-refractivity contribution is 1.15. The molecule has 0 aliphatic heterocycles. The molecular weight excluding hydrogens is 254 g/mol. The van der Waals surface area contributed by atoms with Gasteiger partial charge in [0.1, 0.15) is 0 Å². The normalized spacial score (nSPS) is 10.8. The van der Waals surface area contributed by atoms with E-state index in [-0.39, 0.29) is 0 Å². The zero-order valence-corrected chi connectivity index (χ0v) is 11.5. The van der Waals surface area contributed by atoms with Crippen LogP contribution in [0.1, 0.15) is 11.1 Å². The predicted molar refractivity (Wildman–Crippen MR) is 82.5 cm³/mol. The predicted octanol–water partition coefficient (Wildman–Crippen LogP) is 3.80. The topological polar surface area (TPSA) is 50.9 Å². The number of anilines is 2. The molecule has 3 aromatic rings. The van der Waals surface area contributed by atoms with Crippen molar-refractivity contribution in [1.82, 2.24) is 4.98 Å². The Labute approximate surface area is 116 Å². The smallest absolute Gasteiger partial charge is 0.181 e. The molecule has 96 valence electrons. The lowest BCUT2D eigenvalue weighted by Crippen LogP contribution is -1.98. The highest BCUT2D eigenvalue weighted by atomic mass is 32.1. The van der Waals surface area contributed by atoms with Gasteiger partial charge in [-0.3, -0.25) is 0 Å². The first-order valence-corrected chi connectivity index (χ1v) is 6.98. The molecule has 0 saturated carbocycles. The summed E-state index contributed by atoms with van der Waals surface area (Å²) in [7, 11) is 0. The number of hydrogen-bond acceptors (Lipinski definition) is 4. The number of nitrogens with zero attached hydrogens (tertiary/aromatic N) is 1. The van der Waals surface area contributed by atoms with Crippen LogP contribution in [0.3, 0.4) is 0 Å². The van der Waals surface area contributed by atoms with Gasteiger partial charge >= 0.3 is 0 Å². The highest BCUT2D eigenvalue weighted by molar-refractivity contribution is 7.22. The van der Waals surface area contributed by atoms with E-state index in [0.717, 1.165) is 22.4 Å². The van der Waals surface area contributed by atoms with Gasteiger partial charge in [0.25, 0.3) is 0 Å². The molecule has 3 nitrogen and oxygen atoms in total. The molecule has 3 N–H and O–H groups in total. The maximum absolute atomic E-state index is 5.71. The van der Waals surface area contributed by atoms with Crippen molar-refractivity contribution in [3.63, 3.8) is 0 Å². The maximum Gasteiger partial charge on any atom is 0.181 e. The van der Waals surface area contributed by atoms with Gasteiger partial charge in [-0.25, -0.2) is 4.98 Å². The van der Waals surface area contributed by atoms with Gasteiger partial charge in [0, 0.05) is 12.2 Å². The monoisotopic (exact) mass is 269 g/mol. The van der Waals surface area contributed by atoms with Gasteiger partial charge in [-0.2, -0.15) is 0 Å². The van der Waals surface area contributed by atoms with Crippen LogP contribution in [0.15, 0.2) is 42.5 Å². The molecule has 3 rings (SSSR count). The van der Waals surface area contributed by atoms with Crippen LogP contribution in [0.2, 0.25) is 0 Å². The molecule has 0 unspecified atom stereocenters. The Kier molecular flexibility index (Phi) is 3.09. The Morgan fingerprint density at radius 1 is 1.16 bits per heavy atom. The number of hydrogen-bond donors (Lipinski definition) is 2. The first kappa shape index (κ1) is 12.0. The first-order valence-electron chi connectivity index (χ1n) is 6.16. The van der Waals surface area contributed by atoms with Gasteiger partial charge in [0.2, 0.25) is 0 Å². The number of aromatic nitrogens is 1. The molecular formula is C15H15N3S. The lowest BCUT2D eigenvalue weighted by Gasteiger charge is -2.06. The minimum atomic E-state index is 0.616. The molecule has 4 heteroatoms. The van der Waals surface area contributed by atoms with E-state index in [1.165, 1.54) is 22.5 Å². The zero-order chi connectivity index (χ0) is 13.2. The second kappa shape index (κ2) is 4.90. The van der Waals surface area contributed by atoms with Crippen LogP contribution < -0.4 is 11.1 Å². The number of nitrogens with one attached hydrogen (secondary N) is 1. The van der Waals surface area contributed by atoms with E-state index in [1.807, 2.05) is 12.1 Å². The fourth-order valence-corrected chi connectivity index (χ4v) is 2.74. The van der Waals surface area contributed by atoms with Crippen LogP contribution in [0.25, 0.3) is 10.2 Å². The number of rotatable bonds is 3. The van der Waals surface area contributed by atoms with Crippen LogP contribution in [-0.4, -0.2) is 4.98 Å². The molecule has 0 amide bonds. The van der Waals surface area contributed by atoms with E-state index in [1.54, 1.807) is 0 Å². The maximum atomic E-state index is 5.71. The van der Waals surface area contributed by atoms with Gasteiger partial charge in [0.15, 0.2) is 5.13 Å². The summed E-state index contributed by atoms with van der Waals surface area (Å²) in [6.07, 6.45) is 0. The summed E-state index contributed by atoms with van der Waals surface area (Å²) in [6, 6.07) is 14.7. The second-order valence-electron chi connectivity index (χ2n) is 4.57. The third kappa shape index (κ3) is 2.69. The van der Waals surface area contributed by atoms with Gasteiger partial charge < -0.3 is 11.1 Å². The zero-order valence-electron chi connectivity index (χ0n) is 10.7. The summed E-state index contributed by atoms with van der Waals surface area (Å²) >= 11 is 1.52. The standard InChI is InChI=1S/C15H15N3S/c1-10-2-4-11(5-3-10)9-17-12-6-7-13-14(8-12)19-15(16)18-13/h2-8,17H,9H2,1H3,(H2,16,18). The Bertz CT molecular complexity index is 701. The van der Waals surface area contributed by atoms with Crippen LogP contribution in [0, 0.1) is 6.92 Å². The summed E-state index contributed by atoms with van der Waals surface area (Å²) in [6.45, 7) is 2.92. The van der Waals surface area contributed by atoms with Crippen LogP contribution in [0.4, 0.5) is 10.8 Å². The Morgan fingerprint density at radius 3 is 2.74 bits per heavy atom. The van der Waals surface area contributed by atoms with Gasteiger partial charge in [-0.1, -0.05) is 41.2 Å².